The van der Waals surface area contributed by atoms with E-state index >= 15 is 0 Å². The number of aliphatic hydroxyl groups is 1. The van der Waals surface area contributed by atoms with Gasteiger partial charge in [-0.2, -0.15) is 0 Å². The Bertz CT molecular complexity index is 194. The van der Waals surface area contributed by atoms with Crippen LogP contribution in [0.25, 0.3) is 0 Å². The first-order valence-electron chi connectivity index (χ1n) is 8.46. The van der Waals surface area contributed by atoms with Crippen LogP contribution in [0.1, 0.15) is 78.6 Å². The molecule has 1 N–H and O–H groups in total. The summed E-state index contributed by atoms with van der Waals surface area (Å²) in [6, 6.07) is 0. The van der Waals surface area contributed by atoms with Crippen LogP contribution in [0.3, 0.4) is 0 Å². The van der Waals surface area contributed by atoms with E-state index in [0.29, 0.717) is 5.76 Å². The van der Waals surface area contributed by atoms with Crippen LogP contribution in [0.2, 0.25) is 13.3 Å². The zero-order valence-corrected chi connectivity index (χ0v) is 16.4. The fourth-order valence-corrected chi connectivity index (χ4v) is 11.8. The fourth-order valence-electron chi connectivity index (χ4n) is 2.31. The fraction of sp³-hybridized carbons (Fsp3) is 0.882. The second kappa shape index (κ2) is 14.7. The molecule has 0 atom stereocenters. The van der Waals surface area contributed by atoms with Crippen molar-refractivity contribution in [3.63, 3.8) is 0 Å². The zero-order chi connectivity index (χ0) is 14.3. The maximum absolute atomic E-state index is 8.59. The van der Waals surface area contributed by atoms with E-state index in [1.165, 1.54) is 38.5 Å². The van der Waals surface area contributed by atoms with Crippen molar-refractivity contribution in [3.05, 3.63) is 11.8 Å². The summed E-state index contributed by atoms with van der Waals surface area (Å²) in [6.07, 6.45) is 13.8. The van der Waals surface area contributed by atoms with Crippen LogP contribution >= 0.6 is 0 Å². The Morgan fingerprint density at radius 3 is 1.63 bits per heavy atom. The summed E-state index contributed by atoms with van der Waals surface area (Å²) in [5.74, 6) is 0.579. The van der Waals surface area contributed by atoms with Gasteiger partial charge in [-0.3, -0.25) is 0 Å². The van der Waals surface area contributed by atoms with E-state index in [0.717, 1.165) is 19.3 Å². The molecule has 0 saturated carbocycles. The summed E-state index contributed by atoms with van der Waals surface area (Å²) >= 11 is -0.839. The third-order valence-corrected chi connectivity index (χ3v) is 12.8. The van der Waals surface area contributed by atoms with E-state index < -0.39 is 19.8 Å². The molecule has 19 heavy (non-hydrogen) atoms. The van der Waals surface area contributed by atoms with E-state index in [9.17, 15) is 0 Å². The van der Waals surface area contributed by atoms with E-state index in [1.54, 1.807) is 13.3 Å². The molecule has 1 nitrogen and oxygen atoms in total. The normalized spacial score (nSPS) is 14.2. The molecule has 113 valence electrons. The topological polar surface area (TPSA) is 20.2 Å². The van der Waals surface area contributed by atoms with Crippen molar-refractivity contribution in [2.75, 3.05) is 0 Å². The van der Waals surface area contributed by atoms with E-state index in [-0.39, 0.29) is 0 Å². The third kappa shape index (κ3) is 13.1. The van der Waals surface area contributed by atoms with Crippen LogP contribution in [-0.2, 0) is 0 Å². The predicted octanol–water partition coefficient (Wildman–Crippen LogP) is 6.49. The van der Waals surface area contributed by atoms with Crippen molar-refractivity contribution in [1.29, 1.82) is 0 Å². The average molecular weight is 374 g/mol. The Hall–Kier alpha value is 0.339. The van der Waals surface area contributed by atoms with Gasteiger partial charge in [0.25, 0.3) is 0 Å². The molecule has 1 aliphatic rings. The molecule has 0 aromatic carbocycles. The summed E-state index contributed by atoms with van der Waals surface area (Å²) in [7, 11) is 0. The summed E-state index contributed by atoms with van der Waals surface area (Å²) in [4.78, 5) is 0. The third-order valence-electron chi connectivity index (χ3n) is 3.67. The number of rotatable bonds is 9. The van der Waals surface area contributed by atoms with Gasteiger partial charge in [-0.15, -0.1) is 0 Å². The monoisotopic (exact) mass is 375 g/mol. The molecule has 1 rings (SSSR count). The first-order valence-corrected chi connectivity index (χ1v) is 14.5. The molecule has 0 amide bonds. The summed E-state index contributed by atoms with van der Waals surface area (Å²) in [5.41, 5.74) is 0. The van der Waals surface area contributed by atoms with Gasteiger partial charge in [0.1, 0.15) is 0 Å². The van der Waals surface area contributed by atoms with Crippen LogP contribution in [-0.4, -0.2) is 24.9 Å². The summed E-state index contributed by atoms with van der Waals surface area (Å²) < 4.78 is 5.04. The average Bonchev–Trinajstić information content (AvgIpc) is 2.90. The molecule has 0 bridgehead atoms. The van der Waals surface area contributed by atoms with Gasteiger partial charge in [0.2, 0.25) is 0 Å². The number of allylic oxidation sites excluding steroid dienone is 2. The number of hydrogen-bond acceptors (Lipinski definition) is 1. The molecule has 0 spiro atoms. The van der Waals surface area contributed by atoms with Gasteiger partial charge in [-0.1, -0.05) is 0 Å². The molecule has 2 heteroatoms. The van der Waals surface area contributed by atoms with Crippen molar-refractivity contribution in [2.24, 2.45) is 0 Å². The van der Waals surface area contributed by atoms with Crippen LogP contribution < -0.4 is 0 Å². The molecule has 1 radical (unpaired) electrons. The molecular formula is C17H35OSn. The SMILES string of the molecule is CCC[CH2][Sn]([CH2]CCC)[CH2]CCC.OC1=CCCC1. The summed E-state index contributed by atoms with van der Waals surface area (Å²) in [5, 5.41) is 8.59. The largest absolute Gasteiger partial charge is 0.513 e. The van der Waals surface area contributed by atoms with Crippen molar-refractivity contribution >= 4 is 19.8 Å². The molecule has 0 aliphatic heterocycles. The Morgan fingerprint density at radius 2 is 1.42 bits per heavy atom. The van der Waals surface area contributed by atoms with Crippen molar-refractivity contribution in [2.45, 2.75) is 91.9 Å². The molecule has 0 unspecified atom stereocenters. The van der Waals surface area contributed by atoms with Gasteiger partial charge >= 0.3 is 92.4 Å². The molecule has 0 aromatic heterocycles. The predicted molar refractivity (Wildman–Crippen MR) is 89.5 cm³/mol. The van der Waals surface area contributed by atoms with Gasteiger partial charge < -0.3 is 5.11 Å². The second-order valence-electron chi connectivity index (χ2n) is 5.65. The Kier molecular flexibility index (Phi) is 15.0. The Balaban J connectivity index is 0.000000443. The molecular weight excluding hydrogens is 339 g/mol. The number of aliphatic hydroxyl groups excluding tert-OH is 1. The van der Waals surface area contributed by atoms with Crippen molar-refractivity contribution in [3.8, 4) is 0 Å². The minimum Gasteiger partial charge on any atom is -0.513 e. The summed E-state index contributed by atoms with van der Waals surface area (Å²) in [6.45, 7) is 7.00. The van der Waals surface area contributed by atoms with Gasteiger partial charge in [0, 0.05) is 6.42 Å². The first-order chi connectivity index (χ1) is 9.24. The smallest absolute Gasteiger partial charge is 0.0882 e. The second-order valence-corrected chi connectivity index (χ2v) is 14.2. The Morgan fingerprint density at radius 1 is 0.947 bits per heavy atom. The van der Waals surface area contributed by atoms with Gasteiger partial charge in [-0.05, 0) is 18.9 Å². The van der Waals surface area contributed by atoms with Crippen LogP contribution in [0.15, 0.2) is 11.8 Å². The molecule has 0 saturated heterocycles. The number of unbranched alkanes of at least 4 members (excludes halogenated alkanes) is 3. The van der Waals surface area contributed by atoms with E-state index in [4.69, 9.17) is 5.11 Å². The van der Waals surface area contributed by atoms with Crippen molar-refractivity contribution < 1.29 is 5.11 Å². The van der Waals surface area contributed by atoms with Gasteiger partial charge in [-0.25, -0.2) is 0 Å². The van der Waals surface area contributed by atoms with Gasteiger partial charge in [0.15, 0.2) is 0 Å². The molecule has 0 fully saturated rings. The van der Waals surface area contributed by atoms with Gasteiger partial charge in [0.05, 0.1) is 5.76 Å². The minimum atomic E-state index is -0.839. The van der Waals surface area contributed by atoms with Crippen LogP contribution in [0.4, 0.5) is 0 Å². The molecule has 1 aliphatic carbocycles. The Labute approximate surface area is 128 Å². The van der Waals surface area contributed by atoms with E-state index in [2.05, 4.69) is 20.8 Å². The van der Waals surface area contributed by atoms with Crippen LogP contribution in [0, 0.1) is 0 Å². The van der Waals surface area contributed by atoms with Crippen LogP contribution in [0.5, 0.6) is 0 Å². The number of hydrogen-bond donors (Lipinski definition) is 1. The van der Waals surface area contributed by atoms with E-state index in [1.807, 2.05) is 6.08 Å². The zero-order valence-electron chi connectivity index (χ0n) is 13.5. The maximum atomic E-state index is 8.59. The minimum absolute atomic E-state index is 0.579. The maximum Gasteiger partial charge on any atom is 0.0882 e. The first kappa shape index (κ1) is 19.3. The quantitative estimate of drug-likeness (QED) is 0.457. The molecule has 0 aromatic rings. The van der Waals surface area contributed by atoms with Crippen molar-refractivity contribution in [1.82, 2.24) is 0 Å². The standard InChI is InChI=1S/C5H8O.3C4H9.Sn/c6-5-3-1-2-4-5;3*1-3-4-2;/h3,6H,1-2,4H2;3*1,3-4H2,2H3;. The molecule has 0 heterocycles.